The van der Waals surface area contributed by atoms with Crippen LogP contribution in [0.25, 0.3) is 5.52 Å². The molecule has 0 radical (unpaired) electrons. The molecule has 0 aliphatic carbocycles. The first-order valence-electron chi connectivity index (χ1n) is 12.3. The maximum atomic E-state index is 12.4. The number of likely N-dealkylation sites (tertiary alicyclic amines) is 1. The van der Waals surface area contributed by atoms with Crippen molar-refractivity contribution in [1.29, 1.82) is 0 Å². The van der Waals surface area contributed by atoms with Gasteiger partial charge in [-0.3, -0.25) is 4.90 Å². The van der Waals surface area contributed by atoms with Crippen molar-refractivity contribution in [3.05, 3.63) is 48.4 Å². The van der Waals surface area contributed by atoms with Crippen LogP contribution in [0.15, 0.2) is 42.9 Å². The fourth-order valence-corrected chi connectivity index (χ4v) is 5.29. The van der Waals surface area contributed by atoms with Crippen LogP contribution >= 0.6 is 0 Å². The van der Waals surface area contributed by atoms with Crippen LogP contribution < -0.4 is 20.1 Å². The van der Waals surface area contributed by atoms with Crippen LogP contribution in [-0.2, 0) is 21.3 Å². The number of carbonyl (C=O) groups excluding carboxylic acids is 1. The number of alkyl carbamates (subject to hydrolysis) is 1. The van der Waals surface area contributed by atoms with E-state index in [-0.39, 0.29) is 0 Å². The molecule has 2 aromatic heterocycles. The van der Waals surface area contributed by atoms with Crippen molar-refractivity contribution in [2.24, 2.45) is 0 Å². The summed E-state index contributed by atoms with van der Waals surface area (Å²) in [6, 6.07) is 8.61. The van der Waals surface area contributed by atoms with Crippen molar-refractivity contribution in [2.75, 3.05) is 31.8 Å². The standard InChI is InChI=1S/C25H35N7O5S/c1-25(2,3)37-24(33)29-20-10-11-31(15-21(20)30-38(5,34)35)14-17-9-12-32-22(17)23(26-16-27-32)28-18-7-6-8-19(13-18)36-4/h6-9,12-13,16,20-21,30H,10-11,14-15H2,1-5H3,(H,29,33)(H,26,27,28)/t20-,21?/m1/s1. The average molecular weight is 546 g/mol. The molecule has 1 aliphatic heterocycles. The third-order valence-electron chi connectivity index (χ3n) is 6.03. The van der Waals surface area contributed by atoms with E-state index in [1.165, 1.54) is 6.33 Å². The Balaban J connectivity index is 1.52. The molecule has 3 aromatic rings. The van der Waals surface area contributed by atoms with Crippen LogP contribution in [0.4, 0.5) is 16.3 Å². The molecule has 0 saturated carbocycles. The Kier molecular flexibility index (Phi) is 8.09. The lowest BCUT2D eigenvalue weighted by Gasteiger charge is -2.39. The number of hydrogen-bond donors (Lipinski definition) is 3. The van der Waals surface area contributed by atoms with Crippen LogP contribution in [0.1, 0.15) is 32.8 Å². The average Bonchev–Trinajstić information content (AvgIpc) is 3.22. The largest absolute Gasteiger partial charge is 0.497 e. The van der Waals surface area contributed by atoms with Gasteiger partial charge in [-0.1, -0.05) is 6.07 Å². The van der Waals surface area contributed by atoms with Crippen molar-refractivity contribution < 1.29 is 22.7 Å². The minimum atomic E-state index is -3.51. The number of methoxy groups -OCH3 is 1. The predicted octanol–water partition coefficient (Wildman–Crippen LogP) is 2.50. The Morgan fingerprint density at radius 3 is 2.71 bits per heavy atom. The Hall–Kier alpha value is -3.42. The van der Waals surface area contributed by atoms with Crippen LogP contribution in [0.3, 0.4) is 0 Å². The third-order valence-corrected chi connectivity index (χ3v) is 6.76. The van der Waals surface area contributed by atoms with Gasteiger partial charge in [0.15, 0.2) is 5.82 Å². The van der Waals surface area contributed by atoms with Crippen molar-refractivity contribution >= 4 is 33.1 Å². The van der Waals surface area contributed by atoms with Crippen molar-refractivity contribution in [3.63, 3.8) is 0 Å². The third kappa shape index (κ3) is 7.33. The molecule has 3 N–H and O–H groups in total. The minimum Gasteiger partial charge on any atom is -0.497 e. The molecule has 1 saturated heterocycles. The van der Waals surface area contributed by atoms with Gasteiger partial charge in [-0.2, -0.15) is 5.10 Å². The highest BCUT2D eigenvalue weighted by Gasteiger charge is 2.33. The summed E-state index contributed by atoms with van der Waals surface area (Å²) in [7, 11) is -1.89. The lowest BCUT2D eigenvalue weighted by molar-refractivity contribution is 0.0459. The molecule has 1 aromatic carbocycles. The van der Waals surface area contributed by atoms with Crippen LogP contribution in [0, 0.1) is 0 Å². The minimum absolute atomic E-state index is 0.400. The lowest BCUT2D eigenvalue weighted by atomic mass is 9.99. The summed E-state index contributed by atoms with van der Waals surface area (Å²) in [4.78, 5) is 19.0. The monoisotopic (exact) mass is 545 g/mol. The Labute approximate surface area is 222 Å². The number of aromatic nitrogens is 3. The molecular weight excluding hydrogens is 510 g/mol. The maximum absolute atomic E-state index is 12.4. The molecular formula is C25H35N7O5S. The topological polar surface area (TPSA) is 139 Å². The van der Waals surface area contributed by atoms with Gasteiger partial charge in [0.1, 0.15) is 23.2 Å². The summed E-state index contributed by atoms with van der Waals surface area (Å²) in [5, 5.41) is 10.5. The van der Waals surface area contributed by atoms with E-state index in [1.54, 1.807) is 32.4 Å². The molecule has 3 heterocycles. The summed E-state index contributed by atoms with van der Waals surface area (Å²) in [6.45, 7) is 6.93. The fraction of sp³-hybridized carbons (Fsp3) is 0.480. The van der Waals surface area contributed by atoms with Gasteiger partial charge in [-0.05, 0) is 51.0 Å². The molecule has 1 unspecified atom stereocenters. The van der Waals surface area contributed by atoms with Gasteiger partial charge in [-0.15, -0.1) is 0 Å². The van der Waals surface area contributed by atoms with E-state index < -0.39 is 33.8 Å². The quantitative estimate of drug-likeness (QED) is 0.390. The summed E-state index contributed by atoms with van der Waals surface area (Å²) in [5.41, 5.74) is 1.97. The normalized spacial score (nSPS) is 18.8. The summed E-state index contributed by atoms with van der Waals surface area (Å²) in [6.07, 6.45) is 4.45. The molecule has 4 rings (SSSR count). The second kappa shape index (κ2) is 11.1. The zero-order chi connectivity index (χ0) is 27.5. The van der Waals surface area contributed by atoms with E-state index in [0.29, 0.717) is 31.9 Å². The molecule has 206 valence electrons. The van der Waals surface area contributed by atoms with E-state index in [1.807, 2.05) is 36.5 Å². The van der Waals surface area contributed by atoms with E-state index in [0.717, 1.165) is 28.8 Å². The molecule has 1 aliphatic rings. The van der Waals surface area contributed by atoms with Gasteiger partial charge in [-0.25, -0.2) is 27.4 Å². The molecule has 1 amide bonds. The van der Waals surface area contributed by atoms with Gasteiger partial charge in [0.05, 0.1) is 25.4 Å². The van der Waals surface area contributed by atoms with Crippen LogP contribution in [-0.4, -0.2) is 78.1 Å². The molecule has 38 heavy (non-hydrogen) atoms. The highest BCUT2D eigenvalue weighted by Crippen LogP contribution is 2.27. The van der Waals surface area contributed by atoms with E-state index in [9.17, 15) is 13.2 Å². The van der Waals surface area contributed by atoms with Gasteiger partial charge in [0, 0.05) is 37.6 Å². The summed E-state index contributed by atoms with van der Waals surface area (Å²) >= 11 is 0. The molecule has 13 heteroatoms. The molecule has 1 fully saturated rings. The Morgan fingerprint density at radius 2 is 2.00 bits per heavy atom. The number of nitrogens with one attached hydrogen (secondary N) is 3. The fourth-order valence-electron chi connectivity index (χ4n) is 4.51. The zero-order valence-electron chi connectivity index (χ0n) is 22.3. The first-order valence-corrected chi connectivity index (χ1v) is 14.2. The molecule has 0 spiro atoms. The first-order chi connectivity index (χ1) is 17.9. The second-order valence-corrected chi connectivity index (χ2v) is 12.2. The smallest absolute Gasteiger partial charge is 0.407 e. The Morgan fingerprint density at radius 1 is 1.21 bits per heavy atom. The number of sulfonamides is 1. The number of ether oxygens (including phenoxy) is 2. The molecule has 0 bridgehead atoms. The SMILES string of the molecule is COc1cccc(Nc2ncnn3ccc(CN4CC[C@@H](NC(=O)OC(C)(C)C)C(NS(C)(=O)=O)C4)c23)c1. The number of benzene rings is 1. The highest BCUT2D eigenvalue weighted by molar-refractivity contribution is 7.88. The van der Waals surface area contributed by atoms with E-state index in [4.69, 9.17) is 9.47 Å². The van der Waals surface area contributed by atoms with Crippen molar-refractivity contribution in [2.45, 2.75) is 51.4 Å². The number of anilines is 2. The van der Waals surface area contributed by atoms with E-state index in [2.05, 4.69) is 30.3 Å². The molecule has 12 nitrogen and oxygen atoms in total. The molecule has 2 atom stereocenters. The number of piperidine rings is 1. The second-order valence-electron chi connectivity index (χ2n) is 10.4. The van der Waals surface area contributed by atoms with Gasteiger partial charge in [0.25, 0.3) is 0 Å². The van der Waals surface area contributed by atoms with Crippen molar-refractivity contribution in [3.8, 4) is 5.75 Å². The van der Waals surface area contributed by atoms with Gasteiger partial charge < -0.3 is 20.1 Å². The highest BCUT2D eigenvalue weighted by atomic mass is 32.2. The summed E-state index contributed by atoms with van der Waals surface area (Å²) < 4.78 is 39.4. The first kappa shape index (κ1) is 27.6. The zero-order valence-corrected chi connectivity index (χ0v) is 23.1. The lowest BCUT2D eigenvalue weighted by Crippen LogP contribution is -2.60. The van der Waals surface area contributed by atoms with Gasteiger partial charge in [0.2, 0.25) is 10.0 Å². The Bertz CT molecular complexity index is 1390. The number of rotatable bonds is 8. The number of amides is 1. The predicted molar refractivity (Wildman–Crippen MR) is 144 cm³/mol. The number of carbonyl (C=O) groups is 1. The maximum Gasteiger partial charge on any atom is 0.407 e. The van der Waals surface area contributed by atoms with Crippen molar-refractivity contribution in [1.82, 2.24) is 29.5 Å². The summed E-state index contributed by atoms with van der Waals surface area (Å²) in [5.74, 6) is 1.36. The number of nitrogens with zero attached hydrogens (tertiary/aromatic N) is 4. The van der Waals surface area contributed by atoms with Crippen LogP contribution in [0.2, 0.25) is 0 Å². The number of fused-ring (bicyclic) bond motifs is 1. The van der Waals surface area contributed by atoms with E-state index >= 15 is 0 Å². The number of hydrogen-bond acceptors (Lipinski definition) is 9. The van der Waals surface area contributed by atoms with Crippen LogP contribution in [0.5, 0.6) is 5.75 Å². The van der Waals surface area contributed by atoms with Gasteiger partial charge >= 0.3 is 6.09 Å².